The highest BCUT2D eigenvalue weighted by molar-refractivity contribution is 6.16. The number of piperazine rings is 1. The van der Waals surface area contributed by atoms with Crippen molar-refractivity contribution in [3.05, 3.63) is 17.5 Å². The highest BCUT2D eigenvalue weighted by Gasteiger charge is 2.26. The molecular formula is C14H23ClN4. The molecule has 0 bridgehead atoms. The van der Waals surface area contributed by atoms with Gasteiger partial charge in [0.25, 0.3) is 0 Å². The average Bonchev–Trinajstić information content (AvgIpc) is 2.37. The Bertz CT molecular complexity index is 434. The number of nitrogens with zero attached hydrogens (tertiary/aromatic N) is 4. The smallest absolute Gasteiger partial charge is 0.225 e. The van der Waals surface area contributed by atoms with Gasteiger partial charge in [-0.3, -0.25) is 4.90 Å². The van der Waals surface area contributed by atoms with Crippen LogP contribution in [0.1, 0.15) is 32.2 Å². The molecule has 19 heavy (non-hydrogen) atoms. The Morgan fingerprint density at radius 3 is 2.32 bits per heavy atom. The number of hydrogen-bond acceptors (Lipinski definition) is 4. The molecule has 0 aromatic carbocycles. The molecule has 0 atom stereocenters. The summed E-state index contributed by atoms with van der Waals surface area (Å²) >= 11 is 5.88. The quantitative estimate of drug-likeness (QED) is 0.780. The molecule has 0 N–H and O–H groups in total. The molecule has 2 heterocycles. The predicted molar refractivity (Wildman–Crippen MR) is 79.9 cm³/mol. The third kappa shape index (κ3) is 3.57. The number of hydrogen-bond donors (Lipinski definition) is 0. The lowest BCUT2D eigenvalue weighted by atomic mass is 10.1. The zero-order valence-corrected chi connectivity index (χ0v) is 13.0. The van der Waals surface area contributed by atoms with Gasteiger partial charge in [-0.2, -0.15) is 0 Å². The Kier molecular flexibility index (Phi) is 4.31. The summed E-state index contributed by atoms with van der Waals surface area (Å²) in [7, 11) is 0. The number of aryl methyl sites for hydroxylation is 1. The Labute approximate surface area is 120 Å². The van der Waals surface area contributed by atoms with Gasteiger partial charge in [-0.25, -0.2) is 9.97 Å². The highest BCUT2D eigenvalue weighted by Crippen LogP contribution is 2.19. The fourth-order valence-corrected chi connectivity index (χ4v) is 2.54. The molecule has 0 unspecified atom stereocenters. The number of alkyl halides is 1. The van der Waals surface area contributed by atoms with Gasteiger partial charge in [-0.15, -0.1) is 11.6 Å². The van der Waals surface area contributed by atoms with Gasteiger partial charge in [0.15, 0.2) is 0 Å². The van der Waals surface area contributed by atoms with Crippen LogP contribution in [-0.4, -0.2) is 46.6 Å². The van der Waals surface area contributed by atoms with E-state index in [-0.39, 0.29) is 5.54 Å². The molecule has 1 saturated heterocycles. The summed E-state index contributed by atoms with van der Waals surface area (Å²) in [5.74, 6) is 1.27. The van der Waals surface area contributed by atoms with Crippen LogP contribution in [0.2, 0.25) is 0 Å². The lowest BCUT2D eigenvalue weighted by Crippen LogP contribution is -2.53. The van der Waals surface area contributed by atoms with Crippen molar-refractivity contribution in [2.24, 2.45) is 0 Å². The molecule has 0 spiro atoms. The van der Waals surface area contributed by atoms with E-state index in [1.807, 2.05) is 13.0 Å². The van der Waals surface area contributed by atoms with Gasteiger partial charge in [0.1, 0.15) is 0 Å². The largest absolute Gasteiger partial charge is 0.338 e. The first kappa shape index (κ1) is 14.5. The van der Waals surface area contributed by atoms with Crippen molar-refractivity contribution in [3.8, 4) is 0 Å². The SMILES string of the molecule is Cc1cc(CCl)nc(N2CCN(C(C)(C)C)CC2)n1. The molecule has 1 aliphatic heterocycles. The van der Waals surface area contributed by atoms with Crippen LogP contribution in [0.25, 0.3) is 0 Å². The standard InChI is InChI=1S/C14H23ClN4/c1-11-9-12(10-15)17-13(16-11)18-5-7-19(8-6-18)14(2,3)4/h9H,5-8,10H2,1-4H3. The van der Waals surface area contributed by atoms with Crippen LogP contribution in [0.4, 0.5) is 5.95 Å². The molecule has 0 radical (unpaired) electrons. The Morgan fingerprint density at radius 1 is 1.16 bits per heavy atom. The molecule has 1 fully saturated rings. The second kappa shape index (κ2) is 5.63. The first-order chi connectivity index (χ1) is 8.90. The van der Waals surface area contributed by atoms with Crippen LogP contribution in [0.15, 0.2) is 6.07 Å². The van der Waals surface area contributed by atoms with E-state index in [0.717, 1.165) is 43.5 Å². The minimum atomic E-state index is 0.237. The second-order valence-electron chi connectivity index (χ2n) is 6.08. The van der Waals surface area contributed by atoms with Crippen LogP contribution >= 0.6 is 11.6 Å². The summed E-state index contributed by atoms with van der Waals surface area (Å²) in [6.07, 6.45) is 0. The van der Waals surface area contributed by atoms with Gasteiger partial charge in [-0.1, -0.05) is 0 Å². The zero-order chi connectivity index (χ0) is 14.0. The summed E-state index contributed by atoms with van der Waals surface area (Å²) in [5, 5.41) is 0. The van der Waals surface area contributed by atoms with E-state index in [9.17, 15) is 0 Å². The summed E-state index contributed by atoms with van der Waals surface area (Å²) in [5.41, 5.74) is 2.13. The fourth-order valence-electron chi connectivity index (χ4n) is 2.40. The van der Waals surface area contributed by atoms with E-state index in [1.165, 1.54) is 0 Å². The minimum Gasteiger partial charge on any atom is -0.338 e. The molecule has 2 rings (SSSR count). The van der Waals surface area contributed by atoms with Crippen LogP contribution in [-0.2, 0) is 5.88 Å². The maximum Gasteiger partial charge on any atom is 0.225 e. The van der Waals surface area contributed by atoms with Gasteiger partial charge in [0.2, 0.25) is 5.95 Å². The van der Waals surface area contributed by atoms with Crippen molar-refractivity contribution < 1.29 is 0 Å². The van der Waals surface area contributed by atoms with Gasteiger partial charge >= 0.3 is 0 Å². The van der Waals surface area contributed by atoms with Crippen molar-refractivity contribution in [2.45, 2.75) is 39.1 Å². The molecule has 0 aliphatic carbocycles. The molecule has 1 aromatic heterocycles. The van der Waals surface area contributed by atoms with Crippen molar-refractivity contribution >= 4 is 17.5 Å². The Balaban J connectivity index is 2.07. The van der Waals surface area contributed by atoms with Gasteiger partial charge in [-0.05, 0) is 33.8 Å². The number of aromatic nitrogens is 2. The number of rotatable bonds is 2. The second-order valence-corrected chi connectivity index (χ2v) is 6.35. The summed E-state index contributed by atoms with van der Waals surface area (Å²) in [6, 6.07) is 1.95. The molecule has 0 saturated carbocycles. The monoisotopic (exact) mass is 282 g/mol. The van der Waals surface area contributed by atoms with Crippen molar-refractivity contribution in [1.29, 1.82) is 0 Å². The average molecular weight is 283 g/mol. The Hall–Kier alpha value is -0.870. The molecular weight excluding hydrogens is 260 g/mol. The summed E-state index contributed by atoms with van der Waals surface area (Å²) in [6.45, 7) is 12.8. The van der Waals surface area contributed by atoms with Crippen molar-refractivity contribution in [1.82, 2.24) is 14.9 Å². The van der Waals surface area contributed by atoms with E-state index in [4.69, 9.17) is 11.6 Å². The molecule has 106 valence electrons. The van der Waals surface area contributed by atoms with Crippen molar-refractivity contribution in [2.75, 3.05) is 31.1 Å². The molecule has 1 aromatic rings. The van der Waals surface area contributed by atoms with Gasteiger partial charge in [0.05, 0.1) is 11.6 Å². The van der Waals surface area contributed by atoms with Gasteiger partial charge < -0.3 is 4.90 Å². The highest BCUT2D eigenvalue weighted by atomic mass is 35.5. The fraction of sp³-hybridized carbons (Fsp3) is 0.714. The van der Waals surface area contributed by atoms with E-state index < -0.39 is 0 Å². The minimum absolute atomic E-state index is 0.237. The topological polar surface area (TPSA) is 32.3 Å². The maximum atomic E-state index is 5.88. The van der Waals surface area contributed by atoms with Gasteiger partial charge in [0, 0.05) is 37.4 Å². The first-order valence-electron chi connectivity index (χ1n) is 6.80. The van der Waals surface area contributed by atoms with Crippen LogP contribution in [0.5, 0.6) is 0 Å². The zero-order valence-electron chi connectivity index (χ0n) is 12.3. The maximum absolute atomic E-state index is 5.88. The van der Waals surface area contributed by atoms with Crippen LogP contribution < -0.4 is 4.90 Å². The number of anilines is 1. The normalized spacial score (nSPS) is 17.8. The Morgan fingerprint density at radius 2 is 1.79 bits per heavy atom. The van der Waals surface area contributed by atoms with Crippen LogP contribution in [0.3, 0.4) is 0 Å². The molecule has 0 amide bonds. The van der Waals surface area contributed by atoms with E-state index in [2.05, 4.69) is 40.5 Å². The summed E-state index contributed by atoms with van der Waals surface area (Å²) < 4.78 is 0. The molecule has 5 heteroatoms. The first-order valence-corrected chi connectivity index (χ1v) is 7.34. The third-order valence-electron chi connectivity index (χ3n) is 3.54. The van der Waals surface area contributed by atoms with E-state index in [1.54, 1.807) is 0 Å². The molecule has 4 nitrogen and oxygen atoms in total. The number of halogens is 1. The van der Waals surface area contributed by atoms with E-state index >= 15 is 0 Å². The lowest BCUT2D eigenvalue weighted by molar-refractivity contribution is 0.128. The third-order valence-corrected chi connectivity index (χ3v) is 3.82. The van der Waals surface area contributed by atoms with E-state index in [0.29, 0.717) is 5.88 Å². The molecule has 1 aliphatic rings. The predicted octanol–water partition coefficient (Wildman–Crippen LogP) is 2.44. The summed E-state index contributed by atoms with van der Waals surface area (Å²) in [4.78, 5) is 13.8. The lowest BCUT2D eigenvalue weighted by Gasteiger charge is -2.42. The van der Waals surface area contributed by atoms with Crippen molar-refractivity contribution in [3.63, 3.8) is 0 Å². The van der Waals surface area contributed by atoms with Crippen LogP contribution in [0, 0.1) is 6.92 Å².